The van der Waals surface area contributed by atoms with Crippen molar-refractivity contribution in [2.75, 3.05) is 52.9 Å². The molecule has 14 nitrogen and oxygen atoms in total. The lowest BCUT2D eigenvalue weighted by Crippen LogP contribution is -2.16. The normalized spacial score (nSPS) is 17.1. The Bertz CT molecular complexity index is 2530. The Kier molecular flexibility index (Phi) is 17.5. The van der Waals surface area contributed by atoms with Crippen LogP contribution in [0.15, 0.2) is 143 Å². The molecule has 4 aliphatic heterocycles. The van der Waals surface area contributed by atoms with Gasteiger partial charge in [-0.15, -0.1) is 0 Å². The van der Waals surface area contributed by atoms with Gasteiger partial charge in [0.05, 0.1) is 84.9 Å². The maximum Gasteiger partial charge on any atom is 0.530 e. The topological polar surface area (TPSA) is 129 Å². The molecule has 0 atom stereocenters. The van der Waals surface area contributed by atoms with Gasteiger partial charge >= 0.3 is 17.2 Å². The summed E-state index contributed by atoms with van der Waals surface area (Å²) in [5, 5.41) is 0. The molecule has 0 aromatic heterocycles. The van der Waals surface area contributed by atoms with Crippen LogP contribution in [0.3, 0.4) is 0 Å². The molecule has 4 fully saturated rings. The lowest BCUT2D eigenvalue weighted by atomic mass is 9.82. The summed E-state index contributed by atoms with van der Waals surface area (Å²) < 4.78 is 89.3. The molecule has 0 aliphatic carbocycles. The summed E-state index contributed by atoms with van der Waals surface area (Å²) in [7, 11) is -4.50. The molecule has 10 rings (SSSR count). The van der Waals surface area contributed by atoms with Gasteiger partial charge in [0, 0.05) is 0 Å². The fraction of sp³-hybridized carbons (Fsp3) is 0.379. The summed E-state index contributed by atoms with van der Waals surface area (Å²) in [4.78, 5) is 1.59. The molecule has 17 heteroatoms. The van der Waals surface area contributed by atoms with Crippen molar-refractivity contribution in [2.24, 2.45) is 0 Å². The second kappa shape index (κ2) is 24.6. The van der Waals surface area contributed by atoms with Crippen LogP contribution in [0.25, 0.3) is 0 Å². The van der Waals surface area contributed by atoms with Crippen molar-refractivity contribution in [3.05, 3.63) is 167 Å². The number of para-hydroxylation sites is 4. The SMILES string of the molecule is CCC(C)(C)c1ccc(OP(Oc2ccccc2C2OCCO2)Oc2ccccc2C2OCCO2)c(Sc2cc(C(C)(C)CC)ccc2OP(Oc2ccccc2C2OCCO2)Oc2ccccc2C2OCCO2)c1. The third-order valence-corrected chi connectivity index (χ3v) is 16.8. The highest BCUT2D eigenvalue weighted by Crippen LogP contribution is 2.54. The Labute approximate surface area is 446 Å². The molecule has 4 saturated heterocycles. The molecule has 396 valence electrons. The van der Waals surface area contributed by atoms with Crippen LogP contribution in [0.1, 0.15) is 113 Å². The predicted molar refractivity (Wildman–Crippen MR) is 286 cm³/mol. The number of benzene rings is 6. The first-order chi connectivity index (χ1) is 36.5. The average molecular weight is 1080 g/mol. The largest absolute Gasteiger partial charge is 0.530 e. The molecule has 4 heterocycles. The fourth-order valence-electron chi connectivity index (χ4n) is 8.47. The van der Waals surface area contributed by atoms with E-state index >= 15 is 0 Å². The highest BCUT2D eigenvalue weighted by molar-refractivity contribution is 7.99. The van der Waals surface area contributed by atoms with E-state index in [9.17, 15) is 0 Å². The Hall–Kier alpha value is -4.99. The van der Waals surface area contributed by atoms with Gasteiger partial charge in [-0.3, -0.25) is 0 Å². The van der Waals surface area contributed by atoms with E-state index < -0.39 is 42.4 Å². The molecular formula is C58H64O14P2S. The van der Waals surface area contributed by atoms with Crippen molar-refractivity contribution in [2.45, 2.75) is 100 Å². The van der Waals surface area contributed by atoms with Gasteiger partial charge in [0.2, 0.25) is 0 Å². The van der Waals surface area contributed by atoms with Crippen LogP contribution in [0.4, 0.5) is 0 Å². The van der Waals surface area contributed by atoms with E-state index in [1.807, 2.05) is 109 Å². The van der Waals surface area contributed by atoms with Gasteiger partial charge < -0.3 is 65.0 Å². The van der Waals surface area contributed by atoms with Gasteiger partial charge in [-0.05, 0) is 83.3 Å². The maximum absolute atomic E-state index is 7.09. The first kappa shape index (κ1) is 53.4. The zero-order chi connectivity index (χ0) is 51.8. The van der Waals surface area contributed by atoms with Gasteiger partial charge in [0.1, 0.15) is 34.5 Å². The van der Waals surface area contributed by atoms with Crippen molar-refractivity contribution in [3.63, 3.8) is 0 Å². The molecular weight excluding hydrogens is 1010 g/mol. The van der Waals surface area contributed by atoms with Crippen molar-refractivity contribution < 1.29 is 65.0 Å². The van der Waals surface area contributed by atoms with E-state index in [0.29, 0.717) is 87.4 Å². The molecule has 0 bridgehead atoms. The third-order valence-electron chi connectivity index (χ3n) is 13.7. The molecule has 6 aromatic carbocycles. The summed E-state index contributed by atoms with van der Waals surface area (Å²) in [6.45, 7) is 17.1. The summed E-state index contributed by atoms with van der Waals surface area (Å²) in [6.07, 6.45) is -0.659. The first-order valence-electron chi connectivity index (χ1n) is 25.5. The smallest absolute Gasteiger partial charge is 0.408 e. The molecule has 0 saturated carbocycles. The van der Waals surface area contributed by atoms with Crippen LogP contribution in [0.2, 0.25) is 0 Å². The number of ether oxygens (including phenoxy) is 8. The number of hydrogen-bond donors (Lipinski definition) is 0. The fourth-order valence-corrected chi connectivity index (χ4v) is 11.8. The summed E-state index contributed by atoms with van der Waals surface area (Å²) >= 11 is 1.51. The first-order valence-corrected chi connectivity index (χ1v) is 28.5. The highest BCUT2D eigenvalue weighted by Gasteiger charge is 2.34. The molecule has 0 amide bonds. The molecule has 0 radical (unpaired) electrons. The third kappa shape index (κ3) is 12.9. The quantitative estimate of drug-likeness (QED) is 0.0598. The van der Waals surface area contributed by atoms with E-state index in [2.05, 4.69) is 65.8 Å². The molecule has 6 aromatic rings. The van der Waals surface area contributed by atoms with Crippen LogP contribution in [0, 0.1) is 0 Å². The number of rotatable bonds is 22. The van der Waals surface area contributed by atoms with Crippen LogP contribution < -0.4 is 27.1 Å². The van der Waals surface area contributed by atoms with E-state index in [0.717, 1.165) is 56.0 Å². The van der Waals surface area contributed by atoms with Crippen molar-refractivity contribution in [1.29, 1.82) is 0 Å². The molecule has 4 aliphatic rings. The lowest BCUT2D eigenvalue weighted by Gasteiger charge is -2.27. The van der Waals surface area contributed by atoms with E-state index in [1.54, 1.807) is 0 Å². The van der Waals surface area contributed by atoms with Crippen molar-refractivity contribution in [1.82, 2.24) is 0 Å². The second-order valence-corrected chi connectivity index (χ2v) is 22.4. The van der Waals surface area contributed by atoms with Crippen LogP contribution in [0.5, 0.6) is 34.5 Å². The van der Waals surface area contributed by atoms with Crippen LogP contribution in [-0.4, -0.2) is 52.9 Å². The number of hydrogen-bond acceptors (Lipinski definition) is 15. The van der Waals surface area contributed by atoms with Gasteiger partial charge in [-0.25, -0.2) is 0 Å². The van der Waals surface area contributed by atoms with Gasteiger partial charge in [-0.1, -0.05) is 138 Å². The lowest BCUT2D eigenvalue weighted by molar-refractivity contribution is -0.0456. The molecule has 0 spiro atoms. The van der Waals surface area contributed by atoms with Crippen LogP contribution >= 0.6 is 29.0 Å². The minimum atomic E-state index is -2.25. The molecule has 0 unspecified atom stereocenters. The van der Waals surface area contributed by atoms with Gasteiger partial charge in [0.15, 0.2) is 25.2 Å². The van der Waals surface area contributed by atoms with E-state index in [1.165, 1.54) is 11.8 Å². The summed E-state index contributed by atoms with van der Waals surface area (Å²) in [5.74, 6) is 3.04. The Balaban J connectivity index is 1.06. The van der Waals surface area contributed by atoms with Crippen molar-refractivity contribution >= 4 is 29.0 Å². The Morgan fingerprint density at radius 1 is 0.373 bits per heavy atom. The van der Waals surface area contributed by atoms with Crippen LogP contribution in [-0.2, 0) is 48.7 Å². The maximum atomic E-state index is 7.09. The zero-order valence-electron chi connectivity index (χ0n) is 43.1. The highest BCUT2D eigenvalue weighted by atomic mass is 32.2. The Morgan fingerprint density at radius 2 is 0.627 bits per heavy atom. The minimum absolute atomic E-state index is 0.187. The molecule has 0 N–H and O–H groups in total. The van der Waals surface area contributed by atoms with Crippen molar-refractivity contribution in [3.8, 4) is 34.5 Å². The van der Waals surface area contributed by atoms with E-state index in [-0.39, 0.29) is 10.8 Å². The second-order valence-electron chi connectivity index (χ2n) is 19.3. The minimum Gasteiger partial charge on any atom is -0.408 e. The summed E-state index contributed by atoms with van der Waals surface area (Å²) in [5.41, 5.74) is 4.74. The van der Waals surface area contributed by atoms with Gasteiger partial charge in [0.25, 0.3) is 0 Å². The van der Waals surface area contributed by atoms with Gasteiger partial charge in [-0.2, -0.15) is 0 Å². The average Bonchev–Trinajstić information content (AvgIpc) is 4.31. The molecule has 75 heavy (non-hydrogen) atoms. The van der Waals surface area contributed by atoms with E-state index in [4.69, 9.17) is 65.0 Å². The Morgan fingerprint density at radius 3 is 0.893 bits per heavy atom. The predicted octanol–water partition coefficient (Wildman–Crippen LogP) is 14.9. The summed E-state index contributed by atoms with van der Waals surface area (Å²) in [6, 6.07) is 43.0. The monoisotopic (exact) mass is 1080 g/mol. The zero-order valence-corrected chi connectivity index (χ0v) is 45.7. The standard InChI is InChI=1S/C58H64O14P2S/c1-7-57(3,4)39-25-27-49(71-73(67-45-21-13-9-17-41(45)53-59-29-30-60-53)68-46-22-14-10-18-42(46)54-61-31-32-62-54)51(37-39)75-52-38-40(58(5,6)8-2)26-28-50(52)72-74(69-47-23-15-11-19-43(47)55-63-33-34-64-55)70-48-24-16-12-20-44(48)56-65-35-36-66-56/h9-28,37-38,53-56H,7-8,29-36H2,1-6H3.